The Bertz CT molecular complexity index is 519. The van der Waals surface area contributed by atoms with Crippen LogP contribution in [0.4, 0.5) is 0 Å². The maximum absolute atomic E-state index is 12.2. The number of hydrogen-bond acceptors (Lipinski definition) is 4. The largest absolute Gasteiger partial charge is 0.352 e. The second kappa shape index (κ2) is 9.52. The van der Waals surface area contributed by atoms with Crippen molar-refractivity contribution in [3.63, 3.8) is 0 Å². The van der Waals surface area contributed by atoms with Crippen molar-refractivity contribution in [2.75, 3.05) is 52.1 Å². The quantitative estimate of drug-likeness (QED) is 0.602. The van der Waals surface area contributed by atoms with Gasteiger partial charge in [-0.2, -0.15) is 0 Å². The molecule has 1 saturated heterocycles. The highest BCUT2D eigenvalue weighted by atomic mass is 35.5. The summed E-state index contributed by atoms with van der Waals surface area (Å²) in [5.74, 6) is -0.0818. The van der Waals surface area contributed by atoms with Crippen LogP contribution >= 0.6 is 23.4 Å². The number of nitrogens with one attached hydrogen (secondary N) is 1. The number of halogens is 1. The summed E-state index contributed by atoms with van der Waals surface area (Å²) in [6, 6.07) is 5.57. The van der Waals surface area contributed by atoms with Crippen LogP contribution in [0.15, 0.2) is 23.1 Å². The topological polar surface area (TPSA) is 35.6 Å². The van der Waals surface area contributed by atoms with Crippen LogP contribution in [0.1, 0.15) is 23.7 Å². The third-order valence-electron chi connectivity index (χ3n) is 4.27. The first kappa shape index (κ1) is 18.6. The van der Waals surface area contributed by atoms with Gasteiger partial charge in [-0.1, -0.05) is 18.5 Å². The van der Waals surface area contributed by atoms with Crippen molar-refractivity contribution in [1.82, 2.24) is 15.1 Å². The second-order valence-corrected chi connectivity index (χ2v) is 7.02. The van der Waals surface area contributed by atoms with Gasteiger partial charge in [0.15, 0.2) is 0 Å². The van der Waals surface area contributed by atoms with Crippen molar-refractivity contribution in [2.24, 2.45) is 0 Å². The SMILES string of the molecule is CCN1CCN(CCCNC(=O)c2cc(SC)ccc2Cl)CC1. The van der Waals surface area contributed by atoms with Gasteiger partial charge in [0.25, 0.3) is 5.91 Å². The second-order valence-electron chi connectivity index (χ2n) is 5.73. The van der Waals surface area contributed by atoms with Crippen LogP contribution in [0, 0.1) is 0 Å². The predicted molar refractivity (Wildman–Crippen MR) is 98.7 cm³/mol. The van der Waals surface area contributed by atoms with E-state index in [1.165, 1.54) is 0 Å². The normalized spacial score (nSPS) is 16.5. The fourth-order valence-electron chi connectivity index (χ4n) is 2.73. The van der Waals surface area contributed by atoms with Gasteiger partial charge < -0.3 is 15.1 Å². The number of benzene rings is 1. The van der Waals surface area contributed by atoms with Crippen LogP contribution in [-0.4, -0.2) is 67.8 Å². The van der Waals surface area contributed by atoms with E-state index in [1.54, 1.807) is 17.8 Å². The zero-order valence-electron chi connectivity index (χ0n) is 14.0. The molecule has 1 aromatic carbocycles. The lowest BCUT2D eigenvalue weighted by atomic mass is 10.2. The zero-order valence-corrected chi connectivity index (χ0v) is 15.6. The van der Waals surface area contributed by atoms with E-state index in [9.17, 15) is 4.79 Å². The molecule has 0 aromatic heterocycles. The zero-order chi connectivity index (χ0) is 16.7. The number of carbonyl (C=O) groups is 1. The van der Waals surface area contributed by atoms with E-state index < -0.39 is 0 Å². The average Bonchev–Trinajstić information content (AvgIpc) is 2.59. The molecular formula is C17H26ClN3OS. The third kappa shape index (κ3) is 5.68. The molecule has 6 heteroatoms. The Labute approximate surface area is 148 Å². The number of nitrogens with zero attached hydrogens (tertiary/aromatic N) is 2. The maximum atomic E-state index is 12.2. The van der Waals surface area contributed by atoms with E-state index in [0.29, 0.717) is 17.1 Å². The first-order valence-electron chi connectivity index (χ1n) is 8.20. The predicted octanol–water partition coefficient (Wildman–Crippen LogP) is 2.82. The fourth-order valence-corrected chi connectivity index (χ4v) is 3.38. The van der Waals surface area contributed by atoms with E-state index in [0.717, 1.165) is 50.6 Å². The molecule has 0 atom stereocenters. The van der Waals surface area contributed by atoms with Gasteiger partial charge in [0.2, 0.25) is 0 Å². The number of amides is 1. The van der Waals surface area contributed by atoms with Crippen LogP contribution in [0.25, 0.3) is 0 Å². The molecule has 1 N–H and O–H groups in total. The lowest BCUT2D eigenvalue weighted by Gasteiger charge is -2.33. The average molecular weight is 356 g/mol. The molecule has 1 aliphatic heterocycles. The molecule has 0 saturated carbocycles. The Hall–Kier alpha value is -0.750. The lowest BCUT2D eigenvalue weighted by molar-refractivity contribution is 0.0948. The van der Waals surface area contributed by atoms with Gasteiger partial charge in [0, 0.05) is 37.6 Å². The molecule has 1 amide bonds. The molecule has 1 aliphatic rings. The number of piperazine rings is 1. The Morgan fingerprint density at radius 1 is 1.26 bits per heavy atom. The summed E-state index contributed by atoms with van der Waals surface area (Å²) in [6.07, 6.45) is 2.96. The molecule has 0 spiro atoms. The minimum absolute atomic E-state index is 0.0818. The molecule has 1 aromatic rings. The van der Waals surface area contributed by atoms with E-state index in [-0.39, 0.29) is 5.91 Å². The summed E-state index contributed by atoms with van der Waals surface area (Å²) in [7, 11) is 0. The first-order chi connectivity index (χ1) is 11.1. The molecule has 0 unspecified atom stereocenters. The molecule has 0 bridgehead atoms. The summed E-state index contributed by atoms with van der Waals surface area (Å²) in [5.41, 5.74) is 0.565. The summed E-state index contributed by atoms with van der Waals surface area (Å²) in [4.78, 5) is 18.2. The van der Waals surface area contributed by atoms with Crippen molar-refractivity contribution < 1.29 is 4.79 Å². The summed E-state index contributed by atoms with van der Waals surface area (Å²) < 4.78 is 0. The van der Waals surface area contributed by atoms with Gasteiger partial charge >= 0.3 is 0 Å². The van der Waals surface area contributed by atoms with Crippen LogP contribution in [0.5, 0.6) is 0 Å². The van der Waals surface area contributed by atoms with Crippen molar-refractivity contribution in [3.8, 4) is 0 Å². The van der Waals surface area contributed by atoms with Crippen LogP contribution in [0.2, 0.25) is 5.02 Å². The molecule has 4 nitrogen and oxygen atoms in total. The van der Waals surface area contributed by atoms with E-state index in [4.69, 9.17) is 11.6 Å². The molecule has 2 rings (SSSR count). The fraction of sp³-hybridized carbons (Fsp3) is 0.588. The van der Waals surface area contributed by atoms with E-state index in [1.807, 2.05) is 18.4 Å². The van der Waals surface area contributed by atoms with E-state index in [2.05, 4.69) is 22.0 Å². The number of rotatable bonds is 7. The van der Waals surface area contributed by atoms with Crippen molar-refractivity contribution in [3.05, 3.63) is 28.8 Å². The molecule has 23 heavy (non-hydrogen) atoms. The number of carbonyl (C=O) groups excluding carboxylic acids is 1. The van der Waals surface area contributed by atoms with Crippen LogP contribution in [0.3, 0.4) is 0 Å². The van der Waals surface area contributed by atoms with Gasteiger partial charge in [0.05, 0.1) is 10.6 Å². The smallest absolute Gasteiger partial charge is 0.252 e. The van der Waals surface area contributed by atoms with Crippen molar-refractivity contribution in [1.29, 1.82) is 0 Å². The third-order valence-corrected chi connectivity index (χ3v) is 5.32. The van der Waals surface area contributed by atoms with Gasteiger partial charge in [-0.3, -0.25) is 4.79 Å². The van der Waals surface area contributed by atoms with Crippen LogP contribution < -0.4 is 5.32 Å². The number of likely N-dealkylation sites (N-methyl/N-ethyl adjacent to an activating group) is 1. The molecule has 128 valence electrons. The molecule has 1 fully saturated rings. The van der Waals surface area contributed by atoms with Crippen molar-refractivity contribution >= 4 is 29.3 Å². The van der Waals surface area contributed by atoms with Gasteiger partial charge in [-0.15, -0.1) is 11.8 Å². The summed E-state index contributed by atoms with van der Waals surface area (Å²) >= 11 is 7.74. The number of thioether (sulfide) groups is 1. The highest BCUT2D eigenvalue weighted by Gasteiger charge is 2.15. The van der Waals surface area contributed by atoms with Gasteiger partial charge in [-0.25, -0.2) is 0 Å². The highest BCUT2D eigenvalue weighted by molar-refractivity contribution is 7.98. The lowest BCUT2D eigenvalue weighted by Crippen LogP contribution is -2.46. The monoisotopic (exact) mass is 355 g/mol. The standard InChI is InChI=1S/C17H26ClN3OS/c1-3-20-9-11-21(12-10-20)8-4-7-19-17(22)15-13-14(23-2)5-6-16(15)18/h5-6,13H,3-4,7-12H2,1-2H3,(H,19,22). The molecular weight excluding hydrogens is 330 g/mol. The Morgan fingerprint density at radius 2 is 1.96 bits per heavy atom. The van der Waals surface area contributed by atoms with Crippen molar-refractivity contribution in [2.45, 2.75) is 18.2 Å². The van der Waals surface area contributed by atoms with Crippen LogP contribution in [-0.2, 0) is 0 Å². The molecule has 1 heterocycles. The maximum Gasteiger partial charge on any atom is 0.252 e. The van der Waals surface area contributed by atoms with Gasteiger partial charge in [-0.05, 0) is 44.0 Å². The minimum atomic E-state index is -0.0818. The Balaban J connectivity index is 1.71. The van der Waals surface area contributed by atoms with E-state index >= 15 is 0 Å². The van der Waals surface area contributed by atoms with Gasteiger partial charge in [0.1, 0.15) is 0 Å². The Morgan fingerprint density at radius 3 is 2.61 bits per heavy atom. The summed E-state index contributed by atoms with van der Waals surface area (Å²) in [5, 5.41) is 3.49. The Kier molecular flexibility index (Phi) is 7.70. The first-order valence-corrected chi connectivity index (χ1v) is 9.80. The minimum Gasteiger partial charge on any atom is -0.352 e. The molecule has 0 radical (unpaired) electrons. The highest BCUT2D eigenvalue weighted by Crippen LogP contribution is 2.22. The molecule has 0 aliphatic carbocycles. The number of hydrogen-bond donors (Lipinski definition) is 1. The summed E-state index contributed by atoms with van der Waals surface area (Å²) in [6.45, 7) is 9.64.